The Morgan fingerprint density at radius 2 is 1.58 bits per heavy atom. The lowest BCUT2D eigenvalue weighted by Crippen LogP contribution is -2.36. The van der Waals surface area contributed by atoms with Crippen molar-refractivity contribution in [1.82, 2.24) is 0 Å². The zero-order valence-corrected chi connectivity index (χ0v) is 14.2. The van der Waals surface area contributed by atoms with Gasteiger partial charge in [-0.05, 0) is 38.0 Å². The van der Waals surface area contributed by atoms with Gasteiger partial charge in [-0.15, -0.1) is 0 Å². The van der Waals surface area contributed by atoms with Crippen LogP contribution in [0.25, 0.3) is 0 Å². The van der Waals surface area contributed by atoms with Crippen molar-refractivity contribution in [3.05, 3.63) is 66.2 Å². The van der Waals surface area contributed by atoms with E-state index >= 15 is 0 Å². The van der Waals surface area contributed by atoms with Crippen LogP contribution in [0.1, 0.15) is 19.4 Å². The van der Waals surface area contributed by atoms with E-state index in [0.29, 0.717) is 6.61 Å². The normalized spacial score (nSPS) is 14.5. The molecule has 0 radical (unpaired) electrons. The standard InChI is InChI=1S/C20H25NO3/c1-15(21)20(22)24-16(2)18(13-17-9-5-3-6-10-17)14-23-19-11-7-4-8-12-19/h3-12,15-16,18H,13-14,21H2,1-2H3/t15?,16?,18-/m0/s1. The van der Waals surface area contributed by atoms with Crippen LogP contribution in [0.2, 0.25) is 0 Å². The third kappa shape index (κ3) is 5.70. The van der Waals surface area contributed by atoms with Gasteiger partial charge in [0.1, 0.15) is 17.9 Å². The summed E-state index contributed by atoms with van der Waals surface area (Å²) in [6.07, 6.45) is 0.480. The summed E-state index contributed by atoms with van der Waals surface area (Å²) in [6, 6.07) is 19.1. The summed E-state index contributed by atoms with van der Waals surface area (Å²) in [5, 5.41) is 0. The molecule has 2 rings (SSSR count). The van der Waals surface area contributed by atoms with Gasteiger partial charge in [-0.3, -0.25) is 4.79 Å². The average Bonchev–Trinajstić information content (AvgIpc) is 2.60. The van der Waals surface area contributed by atoms with Crippen molar-refractivity contribution >= 4 is 5.97 Å². The number of benzene rings is 2. The highest BCUT2D eigenvalue weighted by Crippen LogP contribution is 2.18. The van der Waals surface area contributed by atoms with Crippen molar-refractivity contribution < 1.29 is 14.3 Å². The van der Waals surface area contributed by atoms with Crippen molar-refractivity contribution in [1.29, 1.82) is 0 Å². The molecule has 2 aromatic rings. The summed E-state index contributed by atoms with van der Waals surface area (Å²) in [4.78, 5) is 11.8. The van der Waals surface area contributed by atoms with Gasteiger partial charge < -0.3 is 15.2 Å². The molecule has 0 spiro atoms. The Morgan fingerprint density at radius 3 is 2.17 bits per heavy atom. The second-order valence-electron chi connectivity index (χ2n) is 6.00. The summed E-state index contributed by atoms with van der Waals surface area (Å²) in [5.41, 5.74) is 6.78. The molecule has 3 atom stereocenters. The van der Waals surface area contributed by atoms with Gasteiger partial charge >= 0.3 is 5.97 Å². The Labute approximate surface area is 143 Å². The first-order chi connectivity index (χ1) is 11.6. The lowest BCUT2D eigenvalue weighted by atomic mass is 9.95. The van der Waals surface area contributed by atoms with E-state index in [0.717, 1.165) is 12.2 Å². The fourth-order valence-corrected chi connectivity index (χ4v) is 2.38. The van der Waals surface area contributed by atoms with Gasteiger partial charge in [0.25, 0.3) is 0 Å². The smallest absolute Gasteiger partial charge is 0.322 e. The lowest BCUT2D eigenvalue weighted by Gasteiger charge is -2.25. The molecule has 0 heterocycles. The largest absolute Gasteiger partial charge is 0.493 e. The molecule has 128 valence electrons. The fourth-order valence-electron chi connectivity index (χ4n) is 2.38. The van der Waals surface area contributed by atoms with Crippen molar-refractivity contribution in [2.24, 2.45) is 11.7 Å². The molecule has 0 saturated heterocycles. The maximum absolute atomic E-state index is 11.8. The van der Waals surface area contributed by atoms with E-state index in [-0.39, 0.29) is 18.0 Å². The number of hydrogen-bond donors (Lipinski definition) is 1. The predicted molar refractivity (Wildman–Crippen MR) is 94.8 cm³/mol. The molecule has 0 saturated carbocycles. The Balaban J connectivity index is 2.03. The third-order valence-corrected chi connectivity index (χ3v) is 3.89. The highest BCUT2D eigenvalue weighted by atomic mass is 16.5. The van der Waals surface area contributed by atoms with Crippen molar-refractivity contribution in [2.75, 3.05) is 6.61 Å². The number of carbonyl (C=O) groups is 1. The molecule has 0 aliphatic carbocycles. The molecule has 24 heavy (non-hydrogen) atoms. The molecule has 2 unspecified atom stereocenters. The van der Waals surface area contributed by atoms with Crippen LogP contribution in [-0.4, -0.2) is 24.7 Å². The number of esters is 1. The van der Waals surface area contributed by atoms with E-state index in [4.69, 9.17) is 15.2 Å². The molecule has 2 N–H and O–H groups in total. The van der Waals surface area contributed by atoms with Gasteiger partial charge in [0, 0.05) is 5.92 Å². The first-order valence-electron chi connectivity index (χ1n) is 8.24. The monoisotopic (exact) mass is 327 g/mol. The first-order valence-corrected chi connectivity index (χ1v) is 8.24. The van der Waals surface area contributed by atoms with Crippen LogP contribution in [0, 0.1) is 5.92 Å². The molecular formula is C20H25NO3. The summed E-state index contributed by atoms with van der Waals surface area (Å²) in [6.45, 7) is 3.98. The maximum atomic E-state index is 11.8. The lowest BCUT2D eigenvalue weighted by molar-refractivity contribution is -0.152. The Kier molecular flexibility index (Phi) is 6.82. The second-order valence-corrected chi connectivity index (χ2v) is 6.00. The van der Waals surface area contributed by atoms with Crippen LogP contribution in [0.3, 0.4) is 0 Å². The van der Waals surface area contributed by atoms with Crippen molar-refractivity contribution in [2.45, 2.75) is 32.4 Å². The van der Waals surface area contributed by atoms with Crippen LogP contribution in [0.4, 0.5) is 0 Å². The van der Waals surface area contributed by atoms with Gasteiger partial charge in [0.05, 0.1) is 6.61 Å². The highest BCUT2D eigenvalue weighted by Gasteiger charge is 2.23. The average molecular weight is 327 g/mol. The first kappa shape index (κ1) is 18.0. The zero-order valence-electron chi connectivity index (χ0n) is 14.2. The second kappa shape index (κ2) is 9.08. The number of rotatable bonds is 8. The molecule has 0 aliphatic heterocycles. The molecule has 0 bridgehead atoms. The quantitative estimate of drug-likeness (QED) is 0.756. The van der Waals surface area contributed by atoms with E-state index in [2.05, 4.69) is 12.1 Å². The van der Waals surface area contributed by atoms with E-state index < -0.39 is 6.04 Å². The summed E-state index contributed by atoms with van der Waals surface area (Å²) in [5.74, 6) is 0.455. The van der Waals surface area contributed by atoms with Gasteiger partial charge in [0.15, 0.2) is 0 Å². The van der Waals surface area contributed by atoms with Crippen molar-refractivity contribution in [3.63, 3.8) is 0 Å². The highest BCUT2D eigenvalue weighted by molar-refractivity contribution is 5.75. The molecule has 0 aromatic heterocycles. The zero-order chi connectivity index (χ0) is 17.4. The van der Waals surface area contributed by atoms with Gasteiger partial charge in [-0.2, -0.15) is 0 Å². The summed E-state index contributed by atoms with van der Waals surface area (Å²) < 4.78 is 11.4. The van der Waals surface area contributed by atoms with Crippen LogP contribution in [-0.2, 0) is 16.0 Å². The molecular weight excluding hydrogens is 302 g/mol. The molecule has 0 aliphatic rings. The SMILES string of the molecule is CC(N)C(=O)OC(C)[C@H](COc1ccccc1)Cc1ccccc1. The van der Waals surface area contributed by atoms with Crippen LogP contribution >= 0.6 is 0 Å². The van der Waals surface area contributed by atoms with Gasteiger partial charge in [-0.1, -0.05) is 48.5 Å². The van der Waals surface area contributed by atoms with Crippen LogP contribution < -0.4 is 10.5 Å². The maximum Gasteiger partial charge on any atom is 0.322 e. The number of para-hydroxylation sites is 1. The minimum atomic E-state index is -0.625. The summed E-state index contributed by atoms with van der Waals surface area (Å²) in [7, 11) is 0. The van der Waals surface area contributed by atoms with E-state index in [9.17, 15) is 4.79 Å². The third-order valence-electron chi connectivity index (χ3n) is 3.89. The molecule has 4 nitrogen and oxygen atoms in total. The van der Waals surface area contributed by atoms with E-state index in [1.807, 2.05) is 55.5 Å². The molecule has 4 heteroatoms. The van der Waals surface area contributed by atoms with Crippen LogP contribution in [0.5, 0.6) is 5.75 Å². The number of carbonyl (C=O) groups excluding carboxylic acids is 1. The predicted octanol–water partition coefficient (Wildman–Crippen LogP) is 3.20. The summed E-state index contributed by atoms with van der Waals surface area (Å²) >= 11 is 0. The number of hydrogen-bond acceptors (Lipinski definition) is 4. The molecule has 2 aromatic carbocycles. The van der Waals surface area contributed by atoms with Crippen LogP contribution in [0.15, 0.2) is 60.7 Å². The number of ether oxygens (including phenoxy) is 2. The minimum absolute atomic E-state index is 0.0373. The van der Waals surface area contributed by atoms with Gasteiger partial charge in [-0.25, -0.2) is 0 Å². The van der Waals surface area contributed by atoms with E-state index in [1.54, 1.807) is 6.92 Å². The molecule has 0 fully saturated rings. The minimum Gasteiger partial charge on any atom is -0.493 e. The Hall–Kier alpha value is -2.33. The van der Waals surface area contributed by atoms with Crippen molar-refractivity contribution in [3.8, 4) is 5.75 Å². The van der Waals surface area contributed by atoms with E-state index in [1.165, 1.54) is 5.56 Å². The fraction of sp³-hybridized carbons (Fsp3) is 0.350. The van der Waals surface area contributed by atoms with Gasteiger partial charge in [0.2, 0.25) is 0 Å². The topological polar surface area (TPSA) is 61.6 Å². The molecule has 0 amide bonds. The Morgan fingerprint density at radius 1 is 1.00 bits per heavy atom. The Bertz CT molecular complexity index is 613. The number of nitrogens with two attached hydrogens (primary N) is 1.